The Labute approximate surface area is 127 Å². The summed E-state index contributed by atoms with van der Waals surface area (Å²) < 4.78 is 10.6. The van der Waals surface area contributed by atoms with Gasteiger partial charge in [-0.05, 0) is 51.4 Å². The first kappa shape index (κ1) is 16.7. The van der Waals surface area contributed by atoms with Crippen molar-refractivity contribution in [3.8, 4) is 0 Å². The highest BCUT2D eigenvalue weighted by Crippen LogP contribution is 2.32. The van der Waals surface area contributed by atoms with Crippen LogP contribution >= 0.6 is 0 Å². The van der Waals surface area contributed by atoms with Crippen molar-refractivity contribution in [1.82, 2.24) is 5.32 Å². The van der Waals surface area contributed by atoms with E-state index in [1.165, 1.54) is 12.8 Å². The second kappa shape index (κ2) is 8.11. The van der Waals surface area contributed by atoms with Crippen LogP contribution < -0.4 is 5.32 Å². The minimum absolute atomic E-state index is 0.0351. The third kappa shape index (κ3) is 5.93. The quantitative estimate of drug-likeness (QED) is 0.499. The molecule has 5 heteroatoms. The maximum Gasteiger partial charge on any atom is 0.308 e. The number of carbonyl (C=O) groups is 1. The molecule has 2 N–H and O–H groups in total. The van der Waals surface area contributed by atoms with Gasteiger partial charge in [0.15, 0.2) is 0 Å². The Balaban J connectivity index is 1.54. The predicted octanol–water partition coefficient (Wildman–Crippen LogP) is 1.49. The maximum absolute atomic E-state index is 11.7. The topological polar surface area (TPSA) is 67.8 Å². The Morgan fingerprint density at radius 3 is 2.62 bits per heavy atom. The van der Waals surface area contributed by atoms with Gasteiger partial charge in [-0.25, -0.2) is 0 Å². The number of esters is 1. The first-order valence-electron chi connectivity index (χ1n) is 8.30. The van der Waals surface area contributed by atoms with E-state index < -0.39 is 5.60 Å². The van der Waals surface area contributed by atoms with Crippen molar-refractivity contribution in [3.63, 3.8) is 0 Å². The zero-order valence-corrected chi connectivity index (χ0v) is 13.1. The van der Waals surface area contributed by atoms with Crippen LogP contribution in [0.15, 0.2) is 0 Å². The summed E-state index contributed by atoms with van der Waals surface area (Å²) in [7, 11) is 0. The third-order valence-corrected chi connectivity index (χ3v) is 4.46. The van der Waals surface area contributed by atoms with Gasteiger partial charge in [0.05, 0.1) is 24.7 Å². The molecule has 0 bridgehead atoms. The van der Waals surface area contributed by atoms with Crippen molar-refractivity contribution in [2.45, 2.75) is 51.0 Å². The van der Waals surface area contributed by atoms with Crippen molar-refractivity contribution in [3.05, 3.63) is 0 Å². The van der Waals surface area contributed by atoms with Crippen molar-refractivity contribution >= 4 is 5.97 Å². The lowest BCUT2D eigenvalue weighted by Crippen LogP contribution is -2.45. The summed E-state index contributed by atoms with van der Waals surface area (Å²) in [6.45, 7) is 5.20. The Morgan fingerprint density at radius 1 is 1.29 bits per heavy atom. The number of aliphatic hydroxyl groups is 1. The molecule has 21 heavy (non-hydrogen) atoms. The van der Waals surface area contributed by atoms with E-state index in [-0.39, 0.29) is 11.9 Å². The molecule has 0 aromatic rings. The molecule has 0 saturated heterocycles. The fraction of sp³-hybridized carbons (Fsp3) is 0.938. The molecule has 0 heterocycles. The van der Waals surface area contributed by atoms with Gasteiger partial charge in [0.25, 0.3) is 0 Å². The highest BCUT2D eigenvalue weighted by molar-refractivity contribution is 5.72. The molecule has 2 aliphatic rings. The van der Waals surface area contributed by atoms with Gasteiger partial charge >= 0.3 is 5.97 Å². The Morgan fingerprint density at radius 2 is 2.00 bits per heavy atom. The van der Waals surface area contributed by atoms with Crippen molar-refractivity contribution < 1.29 is 19.4 Å². The summed E-state index contributed by atoms with van der Waals surface area (Å²) in [5, 5.41) is 13.8. The van der Waals surface area contributed by atoms with E-state index in [1.807, 2.05) is 6.92 Å². The molecule has 0 aromatic heterocycles. The minimum atomic E-state index is -0.681. The summed E-state index contributed by atoms with van der Waals surface area (Å²) in [5.74, 6) is 0.653. The summed E-state index contributed by atoms with van der Waals surface area (Å²) in [5.41, 5.74) is -0.681. The van der Waals surface area contributed by atoms with Crippen LogP contribution in [0.25, 0.3) is 0 Å². The summed E-state index contributed by atoms with van der Waals surface area (Å²) in [4.78, 5) is 11.7. The van der Waals surface area contributed by atoms with E-state index >= 15 is 0 Å². The minimum Gasteiger partial charge on any atom is -0.466 e. The Kier molecular flexibility index (Phi) is 6.45. The molecule has 0 aliphatic heterocycles. The van der Waals surface area contributed by atoms with E-state index in [0.29, 0.717) is 32.6 Å². The van der Waals surface area contributed by atoms with E-state index in [0.717, 1.165) is 31.9 Å². The molecule has 2 fully saturated rings. The van der Waals surface area contributed by atoms with Gasteiger partial charge in [-0.1, -0.05) is 0 Å². The number of carbonyl (C=O) groups excluding carboxylic acids is 1. The van der Waals surface area contributed by atoms with Gasteiger partial charge in [-0.15, -0.1) is 0 Å². The lowest BCUT2D eigenvalue weighted by Gasteiger charge is -2.35. The molecule has 0 aromatic carbocycles. The summed E-state index contributed by atoms with van der Waals surface area (Å²) >= 11 is 0. The largest absolute Gasteiger partial charge is 0.466 e. The Bertz CT molecular complexity index is 322. The molecule has 5 nitrogen and oxygen atoms in total. The average molecular weight is 299 g/mol. The van der Waals surface area contributed by atoms with Gasteiger partial charge in [-0.3, -0.25) is 4.79 Å². The van der Waals surface area contributed by atoms with Crippen molar-refractivity contribution in [2.75, 3.05) is 32.9 Å². The monoisotopic (exact) mass is 299 g/mol. The van der Waals surface area contributed by atoms with Crippen LogP contribution in [-0.2, 0) is 14.3 Å². The van der Waals surface area contributed by atoms with Crippen LogP contribution in [0.5, 0.6) is 0 Å². The predicted molar refractivity (Wildman–Crippen MR) is 80.0 cm³/mol. The SMILES string of the molecule is CCOC(=O)C1CCC(O)(CNCCOCC2CC2)CC1. The number of hydrogen-bond acceptors (Lipinski definition) is 5. The standard InChI is InChI=1S/C16H29NO4/c1-2-21-15(18)14-5-7-16(19,8-6-14)12-17-9-10-20-11-13-3-4-13/h13-14,17,19H,2-12H2,1H3. The maximum atomic E-state index is 11.7. The molecular weight excluding hydrogens is 270 g/mol. The van der Waals surface area contributed by atoms with Crippen molar-refractivity contribution in [2.24, 2.45) is 11.8 Å². The molecule has 2 saturated carbocycles. The third-order valence-electron chi connectivity index (χ3n) is 4.46. The number of ether oxygens (including phenoxy) is 2. The zero-order chi connectivity index (χ0) is 15.1. The van der Waals surface area contributed by atoms with Gasteiger partial charge in [-0.2, -0.15) is 0 Å². The number of rotatable bonds is 9. The molecule has 0 unspecified atom stereocenters. The molecule has 0 radical (unpaired) electrons. The first-order chi connectivity index (χ1) is 10.1. The summed E-state index contributed by atoms with van der Waals surface area (Å²) in [6, 6.07) is 0. The molecule has 0 spiro atoms. The molecule has 2 rings (SSSR count). The first-order valence-corrected chi connectivity index (χ1v) is 8.30. The Hall–Kier alpha value is -0.650. The lowest BCUT2D eigenvalue weighted by atomic mass is 9.79. The highest BCUT2D eigenvalue weighted by atomic mass is 16.5. The second-order valence-corrected chi connectivity index (χ2v) is 6.45. The molecule has 0 amide bonds. The lowest BCUT2D eigenvalue weighted by molar-refractivity contribution is -0.151. The van der Waals surface area contributed by atoms with Gasteiger partial charge < -0.3 is 19.9 Å². The highest BCUT2D eigenvalue weighted by Gasteiger charge is 2.35. The van der Waals surface area contributed by atoms with Crippen molar-refractivity contribution in [1.29, 1.82) is 0 Å². The molecule has 122 valence electrons. The molecule has 0 atom stereocenters. The van der Waals surface area contributed by atoms with Crippen LogP contribution in [0.3, 0.4) is 0 Å². The van der Waals surface area contributed by atoms with Gasteiger partial charge in [0, 0.05) is 19.7 Å². The molecule has 2 aliphatic carbocycles. The van der Waals surface area contributed by atoms with E-state index in [1.54, 1.807) is 0 Å². The summed E-state index contributed by atoms with van der Waals surface area (Å²) in [6.07, 6.45) is 5.38. The number of nitrogens with one attached hydrogen (secondary N) is 1. The van der Waals surface area contributed by atoms with Crippen LogP contribution in [0.4, 0.5) is 0 Å². The fourth-order valence-corrected chi connectivity index (χ4v) is 2.83. The fourth-order valence-electron chi connectivity index (χ4n) is 2.83. The van der Waals surface area contributed by atoms with Crippen LogP contribution in [-0.4, -0.2) is 49.6 Å². The smallest absolute Gasteiger partial charge is 0.308 e. The van der Waals surface area contributed by atoms with E-state index in [2.05, 4.69) is 5.32 Å². The van der Waals surface area contributed by atoms with Gasteiger partial charge in [0.1, 0.15) is 0 Å². The molecular formula is C16H29NO4. The van der Waals surface area contributed by atoms with Crippen LogP contribution in [0.1, 0.15) is 45.4 Å². The number of hydrogen-bond donors (Lipinski definition) is 2. The van der Waals surface area contributed by atoms with Crippen LogP contribution in [0.2, 0.25) is 0 Å². The van der Waals surface area contributed by atoms with Gasteiger partial charge in [0.2, 0.25) is 0 Å². The van der Waals surface area contributed by atoms with E-state index in [9.17, 15) is 9.90 Å². The zero-order valence-electron chi connectivity index (χ0n) is 13.1. The van der Waals surface area contributed by atoms with Crippen LogP contribution in [0, 0.1) is 11.8 Å². The normalized spacial score (nSPS) is 29.3. The average Bonchev–Trinajstić information content (AvgIpc) is 3.28. The second-order valence-electron chi connectivity index (χ2n) is 6.45. The van der Waals surface area contributed by atoms with E-state index in [4.69, 9.17) is 9.47 Å².